The highest BCUT2D eigenvalue weighted by molar-refractivity contribution is 7.99. The van der Waals surface area contributed by atoms with Crippen LogP contribution in [0.3, 0.4) is 0 Å². The van der Waals surface area contributed by atoms with Crippen LogP contribution in [0.4, 0.5) is 0 Å². The summed E-state index contributed by atoms with van der Waals surface area (Å²) in [5.74, 6) is 0.151. The second-order valence-corrected chi connectivity index (χ2v) is 6.10. The molecule has 0 amide bonds. The molecule has 1 aliphatic rings. The smallest absolute Gasteiger partial charge is 0.352 e. The molecular formula is C15H17NO3S. The number of para-hydroxylation sites is 1. The second-order valence-electron chi connectivity index (χ2n) is 4.97. The fourth-order valence-electron chi connectivity index (χ4n) is 2.94. The van der Waals surface area contributed by atoms with Crippen molar-refractivity contribution >= 4 is 28.6 Å². The molecule has 0 atom stereocenters. The number of benzene rings is 1. The number of aliphatic hydroxyl groups is 1. The number of carboxylic acid groups (broad SMARTS) is 1. The Kier molecular flexibility index (Phi) is 3.72. The van der Waals surface area contributed by atoms with Crippen molar-refractivity contribution in [2.45, 2.75) is 30.7 Å². The zero-order valence-electron chi connectivity index (χ0n) is 11.1. The molecule has 4 nitrogen and oxygen atoms in total. The van der Waals surface area contributed by atoms with Crippen molar-refractivity contribution in [1.29, 1.82) is 0 Å². The summed E-state index contributed by atoms with van der Waals surface area (Å²) in [4.78, 5) is 12.9. The molecule has 2 aromatic rings. The molecule has 3 rings (SSSR count). The maximum absolute atomic E-state index is 11.7. The molecule has 2 heterocycles. The first-order valence-electron chi connectivity index (χ1n) is 6.85. The summed E-state index contributed by atoms with van der Waals surface area (Å²) in [6.07, 6.45) is 2.18. The molecule has 0 fully saturated rings. The number of aromatic nitrogens is 1. The van der Waals surface area contributed by atoms with Gasteiger partial charge in [-0.3, -0.25) is 0 Å². The van der Waals surface area contributed by atoms with Crippen LogP contribution in [0.2, 0.25) is 0 Å². The van der Waals surface area contributed by atoms with Crippen LogP contribution in [0.25, 0.3) is 10.9 Å². The first kappa shape index (κ1) is 13.5. The number of nitrogens with zero attached hydrogens (tertiary/aromatic N) is 1. The van der Waals surface area contributed by atoms with Gasteiger partial charge in [-0.2, -0.15) is 0 Å². The van der Waals surface area contributed by atoms with Crippen LogP contribution in [0, 0.1) is 0 Å². The average Bonchev–Trinajstić information content (AvgIpc) is 2.60. The van der Waals surface area contributed by atoms with E-state index in [-0.39, 0.29) is 6.61 Å². The van der Waals surface area contributed by atoms with Crippen LogP contribution in [0.1, 0.15) is 28.9 Å². The van der Waals surface area contributed by atoms with Crippen LogP contribution in [-0.4, -0.2) is 33.1 Å². The van der Waals surface area contributed by atoms with Gasteiger partial charge in [0.1, 0.15) is 5.69 Å². The van der Waals surface area contributed by atoms with E-state index in [1.807, 2.05) is 16.7 Å². The summed E-state index contributed by atoms with van der Waals surface area (Å²) in [5.41, 5.74) is 2.33. The topological polar surface area (TPSA) is 62.5 Å². The van der Waals surface area contributed by atoms with E-state index in [0.717, 1.165) is 40.1 Å². The number of hydrogen-bond acceptors (Lipinski definition) is 3. The normalized spacial score (nSPS) is 14.4. The minimum Gasteiger partial charge on any atom is -0.477 e. The van der Waals surface area contributed by atoms with Gasteiger partial charge >= 0.3 is 5.97 Å². The highest BCUT2D eigenvalue weighted by Gasteiger charge is 2.24. The Labute approximate surface area is 121 Å². The highest BCUT2D eigenvalue weighted by Crippen LogP contribution is 2.37. The summed E-state index contributed by atoms with van der Waals surface area (Å²) in [7, 11) is 0. The fourth-order valence-corrected chi connectivity index (χ4v) is 3.97. The number of rotatable bonds is 4. The number of carbonyl (C=O) groups is 1. The lowest BCUT2D eigenvalue weighted by molar-refractivity contribution is 0.0684. The number of aliphatic hydroxyl groups excluding tert-OH is 1. The Morgan fingerprint density at radius 1 is 1.40 bits per heavy atom. The first-order valence-corrected chi connectivity index (χ1v) is 7.83. The van der Waals surface area contributed by atoms with E-state index in [0.29, 0.717) is 18.5 Å². The molecule has 0 bridgehead atoms. The average molecular weight is 291 g/mol. The Bertz CT molecular complexity index is 663. The summed E-state index contributed by atoms with van der Waals surface area (Å²) >= 11 is 1.80. The zero-order valence-corrected chi connectivity index (χ0v) is 11.9. The van der Waals surface area contributed by atoms with Crippen molar-refractivity contribution in [2.75, 3.05) is 12.4 Å². The molecule has 0 unspecified atom stereocenters. The first-order chi connectivity index (χ1) is 9.74. The van der Waals surface area contributed by atoms with E-state index in [9.17, 15) is 9.90 Å². The van der Waals surface area contributed by atoms with Crippen LogP contribution >= 0.6 is 11.8 Å². The molecule has 106 valence electrons. The van der Waals surface area contributed by atoms with Gasteiger partial charge in [0.2, 0.25) is 0 Å². The van der Waals surface area contributed by atoms with Gasteiger partial charge in [-0.05, 0) is 36.6 Å². The quantitative estimate of drug-likeness (QED) is 0.909. The molecule has 0 spiro atoms. The number of hydrogen-bond donors (Lipinski definition) is 2. The Morgan fingerprint density at radius 3 is 3.00 bits per heavy atom. The minimum atomic E-state index is -0.869. The van der Waals surface area contributed by atoms with Crippen molar-refractivity contribution < 1.29 is 15.0 Å². The van der Waals surface area contributed by atoms with Gasteiger partial charge in [0.25, 0.3) is 0 Å². The standard InChI is InChI=1S/C15H17NO3S/c17-8-2-5-11-10-4-1-6-12-13(10)16(7-3-9-20-12)14(11)15(18)19/h1,4,6,17H,2-3,5,7-9H2,(H,18,19). The van der Waals surface area contributed by atoms with Crippen molar-refractivity contribution in [3.8, 4) is 0 Å². The van der Waals surface area contributed by atoms with E-state index >= 15 is 0 Å². The van der Waals surface area contributed by atoms with Crippen molar-refractivity contribution in [3.05, 3.63) is 29.5 Å². The van der Waals surface area contributed by atoms with Crippen LogP contribution in [-0.2, 0) is 13.0 Å². The minimum absolute atomic E-state index is 0.0835. The van der Waals surface area contributed by atoms with Crippen molar-refractivity contribution in [3.63, 3.8) is 0 Å². The maximum atomic E-state index is 11.7. The molecule has 20 heavy (non-hydrogen) atoms. The molecule has 0 radical (unpaired) electrons. The third kappa shape index (κ3) is 2.11. The van der Waals surface area contributed by atoms with Gasteiger partial charge in [0.15, 0.2) is 0 Å². The fraction of sp³-hybridized carbons (Fsp3) is 0.400. The summed E-state index contributed by atoms with van der Waals surface area (Å²) < 4.78 is 1.96. The molecule has 0 saturated carbocycles. The summed E-state index contributed by atoms with van der Waals surface area (Å²) in [6.45, 7) is 0.835. The van der Waals surface area contributed by atoms with Crippen molar-refractivity contribution in [1.82, 2.24) is 4.57 Å². The third-order valence-electron chi connectivity index (χ3n) is 3.72. The van der Waals surface area contributed by atoms with Gasteiger partial charge in [-0.1, -0.05) is 12.1 Å². The number of aryl methyl sites for hydroxylation is 2. The van der Waals surface area contributed by atoms with Gasteiger partial charge in [0.05, 0.1) is 5.52 Å². The van der Waals surface area contributed by atoms with Gasteiger partial charge < -0.3 is 14.8 Å². The number of thioether (sulfide) groups is 1. The molecule has 0 aliphatic carbocycles. The van der Waals surface area contributed by atoms with Crippen molar-refractivity contribution in [2.24, 2.45) is 0 Å². The van der Waals surface area contributed by atoms with E-state index in [4.69, 9.17) is 5.11 Å². The molecule has 2 N–H and O–H groups in total. The molecule has 1 aromatic carbocycles. The number of carboxylic acids is 1. The van der Waals surface area contributed by atoms with E-state index in [1.165, 1.54) is 0 Å². The van der Waals surface area contributed by atoms with Crippen LogP contribution in [0.5, 0.6) is 0 Å². The second kappa shape index (κ2) is 5.50. The van der Waals surface area contributed by atoms with E-state index in [1.54, 1.807) is 11.8 Å². The third-order valence-corrected chi connectivity index (χ3v) is 4.85. The summed E-state index contributed by atoms with van der Waals surface area (Å²) in [5, 5.41) is 19.7. The van der Waals surface area contributed by atoms with E-state index in [2.05, 4.69) is 6.07 Å². The molecule has 1 aliphatic heterocycles. The lowest BCUT2D eigenvalue weighted by Crippen LogP contribution is -2.11. The molecule has 5 heteroatoms. The predicted molar refractivity (Wildman–Crippen MR) is 79.6 cm³/mol. The maximum Gasteiger partial charge on any atom is 0.352 e. The largest absolute Gasteiger partial charge is 0.477 e. The molecule has 0 saturated heterocycles. The lowest BCUT2D eigenvalue weighted by Gasteiger charge is -2.06. The summed E-state index contributed by atoms with van der Waals surface area (Å²) in [6, 6.07) is 6.06. The van der Waals surface area contributed by atoms with Gasteiger partial charge in [-0.15, -0.1) is 11.8 Å². The SMILES string of the molecule is O=C(O)c1c(CCCO)c2cccc3c2n1CCCS3. The van der Waals surface area contributed by atoms with Crippen LogP contribution < -0.4 is 0 Å². The highest BCUT2D eigenvalue weighted by atomic mass is 32.2. The Morgan fingerprint density at radius 2 is 2.25 bits per heavy atom. The molecule has 1 aromatic heterocycles. The Balaban J connectivity index is 2.30. The monoisotopic (exact) mass is 291 g/mol. The number of aromatic carboxylic acids is 1. The lowest BCUT2D eigenvalue weighted by atomic mass is 10.1. The van der Waals surface area contributed by atoms with Gasteiger partial charge in [-0.25, -0.2) is 4.79 Å². The molecular weight excluding hydrogens is 274 g/mol. The zero-order chi connectivity index (χ0) is 14.1. The van der Waals surface area contributed by atoms with Crippen LogP contribution in [0.15, 0.2) is 23.1 Å². The van der Waals surface area contributed by atoms with E-state index < -0.39 is 5.97 Å². The Hall–Kier alpha value is -1.46. The van der Waals surface area contributed by atoms with Gasteiger partial charge in [0, 0.05) is 23.4 Å². The predicted octanol–water partition coefficient (Wildman–Crippen LogP) is 2.76.